The second-order valence-corrected chi connectivity index (χ2v) is 4.41. The molecule has 0 aliphatic heterocycles. The van der Waals surface area contributed by atoms with Gasteiger partial charge in [0, 0.05) is 10.9 Å². The molecule has 0 unspecified atom stereocenters. The molecule has 0 saturated heterocycles. The maximum absolute atomic E-state index is 12.8. The molecule has 0 bridgehead atoms. The Morgan fingerprint density at radius 1 is 1.50 bits per heavy atom. The molecule has 1 aromatic heterocycles. The first kappa shape index (κ1) is 16.9. The highest BCUT2D eigenvalue weighted by Crippen LogP contribution is 2.16. The van der Waals surface area contributed by atoms with Crippen LogP contribution in [0.1, 0.15) is 27.0 Å². The zero-order valence-electron chi connectivity index (χ0n) is 9.54. The van der Waals surface area contributed by atoms with Crippen LogP contribution in [0.3, 0.4) is 0 Å². The van der Waals surface area contributed by atoms with Crippen LogP contribution in [0, 0.1) is 0 Å². The van der Waals surface area contributed by atoms with Crippen LogP contribution in [0.4, 0.5) is 8.78 Å². The standard InChI is InChI=1S/C10H12F2N2O2S.ClH/c1-6(15)7-2-8(17-3-7)9(16)14-5-10(11,12)4-13;/h2-3H,4-5,13H2,1H3,(H,14,16);1H. The van der Waals surface area contributed by atoms with E-state index in [1.807, 2.05) is 0 Å². The quantitative estimate of drug-likeness (QED) is 0.813. The van der Waals surface area contributed by atoms with Crippen LogP contribution in [0.5, 0.6) is 0 Å². The van der Waals surface area contributed by atoms with Crippen molar-refractivity contribution in [3.05, 3.63) is 21.9 Å². The van der Waals surface area contributed by atoms with Gasteiger partial charge in [0.15, 0.2) is 5.78 Å². The van der Waals surface area contributed by atoms with E-state index in [0.717, 1.165) is 11.3 Å². The maximum atomic E-state index is 12.8. The Bertz CT molecular complexity index is 437. The van der Waals surface area contributed by atoms with Crippen LogP contribution in [0.25, 0.3) is 0 Å². The Balaban J connectivity index is 0.00000289. The van der Waals surface area contributed by atoms with Crippen LogP contribution >= 0.6 is 23.7 Å². The molecule has 3 N–H and O–H groups in total. The van der Waals surface area contributed by atoms with Gasteiger partial charge in [-0.25, -0.2) is 8.78 Å². The maximum Gasteiger partial charge on any atom is 0.277 e. The Morgan fingerprint density at radius 3 is 2.56 bits per heavy atom. The van der Waals surface area contributed by atoms with E-state index in [1.165, 1.54) is 18.4 Å². The third-order valence-electron chi connectivity index (χ3n) is 2.04. The molecule has 0 aromatic carbocycles. The Hall–Kier alpha value is -1.05. The highest BCUT2D eigenvalue weighted by Gasteiger charge is 2.27. The van der Waals surface area contributed by atoms with Crippen molar-refractivity contribution in [2.24, 2.45) is 5.73 Å². The summed E-state index contributed by atoms with van der Waals surface area (Å²) in [6.45, 7) is -0.266. The van der Waals surface area contributed by atoms with Crippen molar-refractivity contribution >= 4 is 35.4 Å². The van der Waals surface area contributed by atoms with E-state index in [2.05, 4.69) is 5.32 Å². The Labute approximate surface area is 113 Å². The number of alkyl halides is 2. The average Bonchev–Trinajstić information content (AvgIpc) is 2.75. The van der Waals surface area contributed by atoms with E-state index in [1.54, 1.807) is 0 Å². The lowest BCUT2D eigenvalue weighted by Crippen LogP contribution is -2.41. The van der Waals surface area contributed by atoms with Gasteiger partial charge in [-0.15, -0.1) is 23.7 Å². The fraction of sp³-hybridized carbons (Fsp3) is 0.400. The molecule has 4 nitrogen and oxygen atoms in total. The molecule has 0 atom stereocenters. The molecule has 1 rings (SSSR count). The first-order valence-electron chi connectivity index (χ1n) is 4.81. The van der Waals surface area contributed by atoms with E-state index in [9.17, 15) is 18.4 Å². The Morgan fingerprint density at radius 2 is 2.11 bits per heavy atom. The van der Waals surface area contributed by atoms with Crippen LogP contribution in [-0.4, -0.2) is 30.7 Å². The zero-order chi connectivity index (χ0) is 13.1. The third kappa shape index (κ3) is 4.67. The molecule has 0 aliphatic rings. The van der Waals surface area contributed by atoms with E-state index >= 15 is 0 Å². The number of nitrogens with one attached hydrogen (secondary N) is 1. The zero-order valence-corrected chi connectivity index (χ0v) is 11.2. The molecular weight excluding hydrogens is 286 g/mol. The summed E-state index contributed by atoms with van der Waals surface area (Å²) in [7, 11) is 0. The van der Waals surface area contributed by atoms with Crippen molar-refractivity contribution in [3.8, 4) is 0 Å². The lowest BCUT2D eigenvalue weighted by Gasteiger charge is -2.13. The number of carbonyl (C=O) groups excluding carboxylic acids is 2. The minimum atomic E-state index is -3.11. The molecule has 0 fully saturated rings. The van der Waals surface area contributed by atoms with E-state index in [4.69, 9.17) is 5.73 Å². The molecule has 0 spiro atoms. The van der Waals surface area contributed by atoms with Crippen LogP contribution < -0.4 is 11.1 Å². The van der Waals surface area contributed by atoms with Gasteiger partial charge >= 0.3 is 0 Å². The number of ketones is 1. The van der Waals surface area contributed by atoms with Crippen molar-refractivity contribution in [2.45, 2.75) is 12.8 Å². The van der Waals surface area contributed by atoms with Gasteiger partial charge in [-0.1, -0.05) is 0 Å². The normalized spacial score (nSPS) is 10.7. The largest absolute Gasteiger partial charge is 0.345 e. The lowest BCUT2D eigenvalue weighted by atomic mass is 10.2. The first-order chi connectivity index (χ1) is 7.85. The summed E-state index contributed by atoms with van der Waals surface area (Å²) < 4.78 is 25.5. The van der Waals surface area contributed by atoms with Gasteiger partial charge in [-0.05, 0) is 13.0 Å². The number of Topliss-reactive ketones (excluding diaryl/α,β-unsaturated/α-hetero) is 1. The fourth-order valence-corrected chi connectivity index (χ4v) is 1.87. The Kier molecular flexibility index (Phi) is 6.37. The lowest BCUT2D eigenvalue weighted by molar-refractivity contribution is 0.0119. The summed E-state index contributed by atoms with van der Waals surface area (Å²) in [5.41, 5.74) is 5.23. The van der Waals surface area contributed by atoms with Crippen LogP contribution in [0.15, 0.2) is 11.4 Å². The highest BCUT2D eigenvalue weighted by molar-refractivity contribution is 7.12. The van der Waals surface area contributed by atoms with Gasteiger partial charge in [-0.2, -0.15) is 0 Å². The number of hydrogen-bond acceptors (Lipinski definition) is 4. The molecule has 18 heavy (non-hydrogen) atoms. The fourth-order valence-electron chi connectivity index (χ4n) is 1.01. The minimum absolute atomic E-state index is 0. The second-order valence-electron chi connectivity index (χ2n) is 3.50. The third-order valence-corrected chi connectivity index (χ3v) is 2.96. The summed E-state index contributed by atoms with van der Waals surface area (Å²) in [4.78, 5) is 22.7. The van der Waals surface area contributed by atoms with E-state index in [0.29, 0.717) is 5.56 Å². The van der Waals surface area contributed by atoms with Crippen molar-refractivity contribution < 1.29 is 18.4 Å². The molecule has 8 heteroatoms. The summed E-state index contributed by atoms with van der Waals surface area (Å²) >= 11 is 1.04. The van der Waals surface area contributed by atoms with Gasteiger partial charge in [-0.3, -0.25) is 9.59 Å². The molecule has 0 radical (unpaired) electrons. The summed E-state index contributed by atoms with van der Waals surface area (Å²) in [5, 5.41) is 3.58. The van der Waals surface area contributed by atoms with Gasteiger partial charge in [0.05, 0.1) is 18.0 Å². The van der Waals surface area contributed by atoms with Gasteiger partial charge in [0.1, 0.15) is 0 Å². The number of hydrogen-bond donors (Lipinski definition) is 2. The van der Waals surface area contributed by atoms with Crippen LogP contribution in [-0.2, 0) is 0 Å². The van der Waals surface area contributed by atoms with Crippen molar-refractivity contribution in [3.63, 3.8) is 0 Å². The molecule has 1 amide bonds. The number of nitrogens with two attached hydrogens (primary N) is 1. The highest BCUT2D eigenvalue weighted by atomic mass is 35.5. The average molecular weight is 299 g/mol. The molecule has 1 heterocycles. The minimum Gasteiger partial charge on any atom is -0.345 e. The van der Waals surface area contributed by atoms with Gasteiger partial charge < -0.3 is 11.1 Å². The molecular formula is C10H13ClF2N2O2S. The van der Waals surface area contributed by atoms with Crippen molar-refractivity contribution in [1.29, 1.82) is 0 Å². The first-order valence-corrected chi connectivity index (χ1v) is 5.69. The van der Waals surface area contributed by atoms with Gasteiger partial charge in [0.25, 0.3) is 11.8 Å². The predicted octanol–water partition coefficient (Wildman–Crippen LogP) is 1.70. The van der Waals surface area contributed by atoms with Crippen LogP contribution in [0.2, 0.25) is 0 Å². The topological polar surface area (TPSA) is 72.2 Å². The number of halogens is 3. The summed E-state index contributed by atoms with van der Waals surface area (Å²) in [5.74, 6) is -3.92. The summed E-state index contributed by atoms with van der Waals surface area (Å²) in [6.07, 6.45) is 0. The number of amides is 1. The van der Waals surface area contributed by atoms with Gasteiger partial charge in [0.2, 0.25) is 0 Å². The molecule has 102 valence electrons. The smallest absolute Gasteiger partial charge is 0.277 e. The number of carbonyl (C=O) groups is 2. The monoisotopic (exact) mass is 298 g/mol. The number of rotatable bonds is 5. The van der Waals surface area contributed by atoms with Crippen molar-refractivity contribution in [2.75, 3.05) is 13.1 Å². The SMILES string of the molecule is CC(=O)c1csc(C(=O)NCC(F)(F)CN)c1.Cl. The molecule has 1 aromatic rings. The second kappa shape index (κ2) is 6.77. The van der Waals surface area contributed by atoms with E-state index < -0.39 is 24.9 Å². The van der Waals surface area contributed by atoms with E-state index in [-0.39, 0.29) is 23.1 Å². The molecule has 0 aliphatic carbocycles. The van der Waals surface area contributed by atoms with Crippen molar-refractivity contribution in [1.82, 2.24) is 5.32 Å². The summed E-state index contributed by atoms with van der Waals surface area (Å²) in [6, 6.07) is 1.38. The molecule has 0 saturated carbocycles. The number of thiophene rings is 1. The predicted molar refractivity (Wildman–Crippen MR) is 67.9 cm³/mol.